The van der Waals surface area contributed by atoms with Crippen molar-refractivity contribution in [2.75, 3.05) is 11.9 Å². The molecule has 3 heteroatoms. The molecule has 2 N–H and O–H groups in total. The molecule has 0 aliphatic carbocycles. The number of carbonyl (C=O) groups excluding carboxylic acids is 1. The van der Waals surface area contributed by atoms with Crippen molar-refractivity contribution in [1.29, 1.82) is 0 Å². The first-order chi connectivity index (χ1) is 6.26. The molecule has 1 rings (SSSR count). The third-order valence-electron chi connectivity index (χ3n) is 1.73. The highest BCUT2D eigenvalue weighted by atomic mass is 16.3. The number of nitrogens with one attached hydrogen (secondary N) is 1. The lowest BCUT2D eigenvalue weighted by Crippen LogP contribution is -2.19. The summed E-state index contributed by atoms with van der Waals surface area (Å²) in [6, 6.07) is 7.13. The highest BCUT2D eigenvalue weighted by Crippen LogP contribution is 2.09. The normalized spacial score (nSPS) is 12.2. The van der Waals surface area contributed by atoms with Gasteiger partial charge in [0.25, 0.3) is 0 Å². The molecule has 1 atom stereocenters. The van der Waals surface area contributed by atoms with Crippen LogP contribution in [0, 0.1) is 0 Å². The molecule has 70 valence electrons. The number of aliphatic hydroxyl groups excluding tert-OH is 1. The first-order valence-electron chi connectivity index (χ1n) is 4.19. The van der Waals surface area contributed by atoms with Gasteiger partial charge in [0.05, 0.1) is 6.61 Å². The molecular weight excluding hydrogens is 166 g/mol. The first kappa shape index (κ1) is 9.74. The molecule has 0 spiro atoms. The zero-order valence-corrected chi connectivity index (χ0v) is 7.53. The Kier molecular flexibility index (Phi) is 3.46. The number of carbonyl (C=O) groups is 1. The SMILES string of the molecule is CC(CO)Nc1ccc(C=O)cc1. The van der Waals surface area contributed by atoms with Crippen molar-refractivity contribution in [2.24, 2.45) is 0 Å². The van der Waals surface area contributed by atoms with Crippen molar-refractivity contribution in [3.63, 3.8) is 0 Å². The Morgan fingerprint density at radius 3 is 2.54 bits per heavy atom. The number of aliphatic hydroxyl groups is 1. The van der Waals surface area contributed by atoms with Crippen LogP contribution in [-0.4, -0.2) is 24.0 Å². The number of hydrogen-bond acceptors (Lipinski definition) is 3. The third kappa shape index (κ3) is 2.87. The number of rotatable bonds is 4. The lowest BCUT2D eigenvalue weighted by atomic mass is 10.2. The molecule has 1 aromatic carbocycles. The summed E-state index contributed by atoms with van der Waals surface area (Å²) in [6.07, 6.45) is 0.805. The van der Waals surface area contributed by atoms with Crippen LogP contribution in [0.4, 0.5) is 5.69 Å². The van der Waals surface area contributed by atoms with E-state index in [-0.39, 0.29) is 12.6 Å². The second-order valence-electron chi connectivity index (χ2n) is 2.97. The molecule has 0 aromatic heterocycles. The van der Waals surface area contributed by atoms with Crippen LogP contribution < -0.4 is 5.32 Å². The summed E-state index contributed by atoms with van der Waals surface area (Å²) in [5, 5.41) is 11.9. The Bertz CT molecular complexity index is 269. The molecule has 0 amide bonds. The first-order valence-corrected chi connectivity index (χ1v) is 4.19. The second-order valence-corrected chi connectivity index (χ2v) is 2.97. The second kappa shape index (κ2) is 4.62. The van der Waals surface area contributed by atoms with Crippen molar-refractivity contribution in [3.05, 3.63) is 29.8 Å². The molecule has 3 nitrogen and oxygen atoms in total. The van der Waals surface area contributed by atoms with Gasteiger partial charge in [-0.15, -0.1) is 0 Å². The maximum atomic E-state index is 10.3. The molecule has 0 aliphatic rings. The van der Waals surface area contributed by atoms with Crippen LogP contribution in [0.25, 0.3) is 0 Å². The molecule has 1 aromatic rings. The van der Waals surface area contributed by atoms with E-state index in [1.54, 1.807) is 12.1 Å². The van der Waals surface area contributed by atoms with E-state index in [0.717, 1.165) is 12.0 Å². The summed E-state index contributed by atoms with van der Waals surface area (Å²) in [5.41, 5.74) is 1.56. The maximum Gasteiger partial charge on any atom is 0.150 e. The van der Waals surface area contributed by atoms with Gasteiger partial charge in [0.1, 0.15) is 6.29 Å². The lowest BCUT2D eigenvalue weighted by molar-refractivity contribution is 0.112. The lowest BCUT2D eigenvalue weighted by Gasteiger charge is -2.11. The van der Waals surface area contributed by atoms with Gasteiger partial charge in [0.15, 0.2) is 0 Å². The van der Waals surface area contributed by atoms with E-state index >= 15 is 0 Å². The monoisotopic (exact) mass is 179 g/mol. The van der Waals surface area contributed by atoms with E-state index in [1.807, 2.05) is 19.1 Å². The minimum Gasteiger partial charge on any atom is -0.394 e. The van der Waals surface area contributed by atoms with Gasteiger partial charge in [-0.25, -0.2) is 0 Å². The Morgan fingerprint density at radius 2 is 2.08 bits per heavy atom. The molecular formula is C10H13NO2. The van der Waals surface area contributed by atoms with E-state index in [1.165, 1.54) is 0 Å². The third-order valence-corrected chi connectivity index (χ3v) is 1.73. The number of benzene rings is 1. The van der Waals surface area contributed by atoms with E-state index in [4.69, 9.17) is 5.11 Å². The van der Waals surface area contributed by atoms with Gasteiger partial charge in [-0.3, -0.25) is 4.79 Å². The van der Waals surface area contributed by atoms with Gasteiger partial charge in [-0.05, 0) is 31.2 Å². The predicted molar refractivity (Wildman–Crippen MR) is 52.0 cm³/mol. The Labute approximate surface area is 77.4 Å². The molecule has 13 heavy (non-hydrogen) atoms. The molecule has 0 bridgehead atoms. The van der Waals surface area contributed by atoms with Crippen LogP contribution in [0.3, 0.4) is 0 Å². The van der Waals surface area contributed by atoms with E-state index < -0.39 is 0 Å². The predicted octanol–water partition coefficient (Wildman–Crippen LogP) is 1.29. The average Bonchev–Trinajstić information content (AvgIpc) is 2.19. The van der Waals surface area contributed by atoms with Gasteiger partial charge in [-0.1, -0.05) is 0 Å². The van der Waals surface area contributed by atoms with Crippen molar-refractivity contribution in [3.8, 4) is 0 Å². The van der Waals surface area contributed by atoms with Gasteiger partial charge >= 0.3 is 0 Å². The van der Waals surface area contributed by atoms with Crippen molar-refractivity contribution in [2.45, 2.75) is 13.0 Å². The summed E-state index contributed by atoms with van der Waals surface area (Å²) in [4.78, 5) is 10.3. The quantitative estimate of drug-likeness (QED) is 0.685. The van der Waals surface area contributed by atoms with Crippen molar-refractivity contribution < 1.29 is 9.90 Å². The Balaban J connectivity index is 2.63. The maximum absolute atomic E-state index is 10.3. The number of hydrogen-bond donors (Lipinski definition) is 2. The average molecular weight is 179 g/mol. The largest absolute Gasteiger partial charge is 0.394 e. The van der Waals surface area contributed by atoms with Crippen LogP contribution >= 0.6 is 0 Å². The van der Waals surface area contributed by atoms with Crippen LogP contribution in [0.1, 0.15) is 17.3 Å². The van der Waals surface area contributed by atoms with Crippen molar-refractivity contribution in [1.82, 2.24) is 0 Å². The summed E-state index contributed by atoms with van der Waals surface area (Å²) in [5.74, 6) is 0. The molecule has 1 unspecified atom stereocenters. The Hall–Kier alpha value is -1.35. The van der Waals surface area contributed by atoms with Crippen LogP contribution in [-0.2, 0) is 0 Å². The minimum atomic E-state index is 0.0297. The fourth-order valence-corrected chi connectivity index (χ4v) is 0.988. The topological polar surface area (TPSA) is 49.3 Å². The number of anilines is 1. The van der Waals surface area contributed by atoms with Gasteiger partial charge in [0, 0.05) is 17.3 Å². The van der Waals surface area contributed by atoms with E-state index in [2.05, 4.69) is 5.32 Å². The molecule has 0 radical (unpaired) electrons. The van der Waals surface area contributed by atoms with Crippen LogP contribution in [0.5, 0.6) is 0 Å². The van der Waals surface area contributed by atoms with Crippen LogP contribution in [0.2, 0.25) is 0 Å². The number of aldehydes is 1. The molecule has 0 fully saturated rings. The highest BCUT2D eigenvalue weighted by Gasteiger charge is 1.98. The Morgan fingerprint density at radius 1 is 1.46 bits per heavy atom. The zero-order valence-electron chi connectivity index (χ0n) is 7.53. The summed E-state index contributed by atoms with van der Waals surface area (Å²) in [6.45, 7) is 1.98. The zero-order chi connectivity index (χ0) is 9.68. The standard InChI is InChI=1S/C10H13NO2/c1-8(6-12)11-10-4-2-9(7-13)3-5-10/h2-5,7-8,11-12H,6H2,1H3. The molecule has 0 aliphatic heterocycles. The summed E-state index contributed by atoms with van der Waals surface area (Å²) >= 11 is 0. The van der Waals surface area contributed by atoms with E-state index in [9.17, 15) is 4.79 Å². The van der Waals surface area contributed by atoms with Gasteiger partial charge in [-0.2, -0.15) is 0 Å². The fourth-order valence-electron chi connectivity index (χ4n) is 0.988. The fraction of sp³-hybridized carbons (Fsp3) is 0.300. The minimum absolute atomic E-state index is 0.0297. The van der Waals surface area contributed by atoms with E-state index in [0.29, 0.717) is 5.56 Å². The smallest absolute Gasteiger partial charge is 0.150 e. The van der Waals surface area contributed by atoms with Crippen LogP contribution in [0.15, 0.2) is 24.3 Å². The van der Waals surface area contributed by atoms with Gasteiger partial charge < -0.3 is 10.4 Å². The van der Waals surface area contributed by atoms with Crippen molar-refractivity contribution >= 4 is 12.0 Å². The highest BCUT2D eigenvalue weighted by molar-refractivity contribution is 5.75. The molecule has 0 heterocycles. The summed E-state index contributed by atoms with van der Waals surface area (Å²) < 4.78 is 0. The molecule has 0 saturated carbocycles. The van der Waals surface area contributed by atoms with Gasteiger partial charge in [0.2, 0.25) is 0 Å². The summed E-state index contributed by atoms with van der Waals surface area (Å²) in [7, 11) is 0. The molecule has 0 saturated heterocycles.